The number of carbonyl (C=O) groups excluding carboxylic acids is 1. The molecule has 0 bridgehead atoms. The Hall–Kier alpha value is -3.17. The molecule has 2 aliphatic rings. The number of methoxy groups -OCH3 is 1. The van der Waals surface area contributed by atoms with E-state index in [1.54, 1.807) is 7.11 Å². The zero-order valence-corrected chi connectivity index (χ0v) is 22.3. The molecule has 0 saturated carbocycles. The number of hydrogen-bond donors (Lipinski definition) is 3. The Balaban J connectivity index is 1.22. The van der Waals surface area contributed by atoms with Crippen molar-refractivity contribution >= 4 is 17.9 Å². The number of carboxylic acid groups (broad SMARTS) is 1. The van der Waals surface area contributed by atoms with Crippen LogP contribution in [0, 0.1) is 0 Å². The molecule has 0 spiro atoms. The molecule has 1 aliphatic carbocycles. The average Bonchev–Trinajstić information content (AvgIpc) is 3.33. The van der Waals surface area contributed by atoms with Crippen molar-refractivity contribution in [2.45, 2.75) is 63.5 Å². The van der Waals surface area contributed by atoms with E-state index < -0.39 is 18.1 Å². The highest BCUT2D eigenvalue weighted by Crippen LogP contribution is 2.33. The van der Waals surface area contributed by atoms with Crippen molar-refractivity contribution in [1.29, 1.82) is 0 Å². The molecule has 1 unspecified atom stereocenters. The van der Waals surface area contributed by atoms with Gasteiger partial charge in [0.25, 0.3) is 0 Å². The number of benzene rings is 1. The molecule has 206 valence electrons. The first-order valence-electron chi connectivity index (χ1n) is 13.7. The zero-order valence-electron chi connectivity index (χ0n) is 22.3. The summed E-state index contributed by atoms with van der Waals surface area (Å²) in [5.74, 6) is -0.0362. The molecule has 0 saturated heterocycles. The first-order valence-corrected chi connectivity index (χ1v) is 13.7. The van der Waals surface area contributed by atoms with Crippen molar-refractivity contribution in [3.8, 4) is 0 Å². The summed E-state index contributed by atoms with van der Waals surface area (Å²) in [5, 5.41) is 15.7. The lowest BCUT2D eigenvalue weighted by Gasteiger charge is -2.24. The minimum atomic E-state index is -1.06. The van der Waals surface area contributed by atoms with E-state index in [2.05, 4.69) is 27.7 Å². The number of anilines is 1. The number of carboxylic acids is 1. The first kappa shape index (κ1) is 27.9. The second-order valence-corrected chi connectivity index (χ2v) is 10.1. The summed E-state index contributed by atoms with van der Waals surface area (Å²) in [6.07, 6.45) is 5.93. The van der Waals surface area contributed by atoms with E-state index >= 15 is 0 Å². The maximum absolute atomic E-state index is 12.5. The van der Waals surface area contributed by atoms with Crippen molar-refractivity contribution in [2.75, 3.05) is 45.2 Å². The molecule has 1 aromatic carbocycles. The maximum Gasteiger partial charge on any atom is 0.408 e. The van der Waals surface area contributed by atoms with Crippen molar-refractivity contribution in [3.63, 3.8) is 0 Å². The molecular formula is C29H40N4O5. The number of amides is 1. The number of ether oxygens (including phenoxy) is 2. The Morgan fingerprint density at radius 3 is 2.84 bits per heavy atom. The Morgan fingerprint density at radius 2 is 2.00 bits per heavy atom. The molecule has 38 heavy (non-hydrogen) atoms. The number of nitrogens with zero attached hydrogens (tertiary/aromatic N) is 2. The van der Waals surface area contributed by atoms with Crippen LogP contribution in [-0.4, -0.2) is 73.0 Å². The van der Waals surface area contributed by atoms with Gasteiger partial charge in [-0.1, -0.05) is 30.3 Å². The smallest absolute Gasteiger partial charge is 0.408 e. The number of aryl methyl sites for hydroxylation is 3. The molecule has 2 aromatic rings. The van der Waals surface area contributed by atoms with Crippen LogP contribution < -0.4 is 10.6 Å². The number of nitrogens with one attached hydrogen (secondary N) is 2. The summed E-state index contributed by atoms with van der Waals surface area (Å²) >= 11 is 0. The van der Waals surface area contributed by atoms with Gasteiger partial charge in [0.15, 0.2) is 0 Å². The van der Waals surface area contributed by atoms with E-state index in [0.29, 0.717) is 26.1 Å². The summed E-state index contributed by atoms with van der Waals surface area (Å²) in [6, 6.07) is 11.2. The topological polar surface area (TPSA) is 113 Å². The number of unbranched alkanes of at least 4 members (excludes halogenated alkanes) is 1. The molecule has 2 heterocycles. The van der Waals surface area contributed by atoms with E-state index in [1.807, 2.05) is 24.3 Å². The second-order valence-electron chi connectivity index (χ2n) is 10.1. The normalized spacial score (nSPS) is 16.8. The SMILES string of the molecule is COCCN(CCCCc1ccc2c(n1)NCCC2)CC[C@H](NC(=O)OC1CCc2ccccc21)C(=O)O. The van der Waals surface area contributed by atoms with Crippen LogP contribution >= 0.6 is 0 Å². The number of aromatic nitrogens is 1. The van der Waals surface area contributed by atoms with E-state index in [-0.39, 0.29) is 12.5 Å². The molecule has 4 rings (SSSR count). The molecule has 2 atom stereocenters. The van der Waals surface area contributed by atoms with Crippen molar-refractivity contribution < 1.29 is 24.2 Å². The molecule has 1 aromatic heterocycles. The Bertz CT molecular complexity index is 1080. The molecule has 9 nitrogen and oxygen atoms in total. The van der Waals surface area contributed by atoms with Crippen molar-refractivity contribution in [2.24, 2.45) is 0 Å². The van der Waals surface area contributed by atoms with Gasteiger partial charge in [0.05, 0.1) is 6.61 Å². The molecule has 1 amide bonds. The van der Waals surface area contributed by atoms with Crippen molar-refractivity contribution in [1.82, 2.24) is 15.2 Å². The fraction of sp³-hybridized carbons (Fsp3) is 0.552. The summed E-state index contributed by atoms with van der Waals surface area (Å²) in [6.45, 7) is 3.60. The number of hydrogen-bond acceptors (Lipinski definition) is 7. The molecular weight excluding hydrogens is 484 g/mol. The molecule has 0 radical (unpaired) electrons. The monoisotopic (exact) mass is 524 g/mol. The van der Waals surface area contributed by atoms with Gasteiger partial charge in [-0.3, -0.25) is 0 Å². The molecule has 0 fully saturated rings. The van der Waals surface area contributed by atoms with Crippen LogP contribution in [0.4, 0.5) is 10.6 Å². The number of carbonyl (C=O) groups is 2. The van der Waals surface area contributed by atoms with Crippen LogP contribution in [0.5, 0.6) is 0 Å². The van der Waals surface area contributed by atoms with Crippen LogP contribution in [0.2, 0.25) is 0 Å². The molecule has 3 N–H and O–H groups in total. The van der Waals surface area contributed by atoms with Crippen LogP contribution in [0.25, 0.3) is 0 Å². The predicted octanol–water partition coefficient (Wildman–Crippen LogP) is 3.97. The third kappa shape index (κ3) is 7.91. The van der Waals surface area contributed by atoms with Crippen LogP contribution in [0.3, 0.4) is 0 Å². The van der Waals surface area contributed by atoms with Crippen molar-refractivity contribution in [3.05, 3.63) is 58.8 Å². The maximum atomic E-state index is 12.5. The van der Waals surface area contributed by atoms with Gasteiger partial charge in [-0.15, -0.1) is 0 Å². The summed E-state index contributed by atoms with van der Waals surface area (Å²) < 4.78 is 10.8. The highest BCUT2D eigenvalue weighted by atomic mass is 16.6. The summed E-state index contributed by atoms with van der Waals surface area (Å²) in [5.41, 5.74) is 4.57. The minimum Gasteiger partial charge on any atom is -0.480 e. The third-order valence-corrected chi connectivity index (χ3v) is 7.37. The van der Waals surface area contributed by atoms with E-state index in [4.69, 9.17) is 14.5 Å². The van der Waals surface area contributed by atoms with Gasteiger partial charge >= 0.3 is 12.1 Å². The predicted molar refractivity (Wildman–Crippen MR) is 145 cm³/mol. The lowest BCUT2D eigenvalue weighted by molar-refractivity contribution is -0.139. The third-order valence-electron chi connectivity index (χ3n) is 7.37. The number of aliphatic carboxylic acids is 1. The fourth-order valence-electron chi connectivity index (χ4n) is 5.22. The lowest BCUT2D eigenvalue weighted by atomic mass is 10.1. The van der Waals surface area contributed by atoms with E-state index in [9.17, 15) is 14.7 Å². The standard InChI is InChI=1S/C29H40N4O5/c1-37-20-19-33(17-5-4-9-23-13-11-22-8-6-16-30-27(22)31-23)18-15-25(28(34)35)32-29(36)38-26-14-12-21-7-2-3-10-24(21)26/h2-3,7,10-11,13,25-26H,4-6,8-9,12,14-20H2,1H3,(H,30,31)(H,32,36)(H,34,35)/t25-,26?/m0/s1. The van der Waals surface area contributed by atoms with Crippen LogP contribution in [0.15, 0.2) is 36.4 Å². The summed E-state index contributed by atoms with van der Waals surface area (Å²) in [7, 11) is 1.66. The highest BCUT2D eigenvalue weighted by molar-refractivity contribution is 5.80. The second kappa shape index (κ2) is 14.1. The highest BCUT2D eigenvalue weighted by Gasteiger charge is 2.28. The van der Waals surface area contributed by atoms with Crippen LogP contribution in [-0.2, 0) is 33.5 Å². The Kier molecular flexibility index (Phi) is 10.3. The van der Waals surface area contributed by atoms with Gasteiger partial charge in [-0.05, 0) is 80.7 Å². The summed E-state index contributed by atoms with van der Waals surface area (Å²) in [4.78, 5) is 31.4. The quantitative estimate of drug-likeness (QED) is 0.318. The zero-order chi connectivity index (χ0) is 26.7. The van der Waals surface area contributed by atoms with E-state index in [0.717, 1.165) is 68.7 Å². The molecule has 1 aliphatic heterocycles. The fourth-order valence-corrected chi connectivity index (χ4v) is 5.22. The van der Waals surface area contributed by atoms with E-state index in [1.165, 1.54) is 11.1 Å². The van der Waals surface area contributed by atoms with Gasteiger partial charge in [0.1, 0.15) is 18.0 Å². The molecule has 9 heteroatoms. The van der Waals surface area contributed by atoms with Crippen LogP contribution in [0.1, 0.15) is 60.6 Å². The Labute approximate surface area is 224 Å². The van der Waals surface area contributed by atoms with Gasteiger partial charge < -0.3 is 30.1 Å². The minimum absolute atomic E-state index is 0.285. The number of fused-ring (bicyclic) bond motifs is 2. The average molecular weight is 525 g/mol. The van der Waals surface area contributed by atoms with Gasteiger partial charge in [-0.2, -0.15) is 0 Å². The van der Waals surface area contributed by atoms with Gasteiger partial charge in [0.2, 0.25) is 0 Å². The number of alkyl carbamates (subject to hydrolysis) is 1. The first-order chi connectivity index (χ1) is 18.5. The Morgan fingerprint density at radius 1 is 1.13 bits per heavy atom. The number of rotatable bonds is 14. The van der Waals surface area contributed by atoms with Gasteiger partial charge in [0, 0.05) is 32.4 Å². The largest absolute Gasteiger partial charge is 0.480 e. The number of pyridine rings is 1. The lowest BCUT2D eigenvalue weighted by Crippen LogP contribution is -2.44. The van der Waals surface area contributed by atoms with Gasteiger partial charge in [-0.25, -0.2) is 14.6 Å².